The molecule has 96 valence electrons. The summed E-state index contributed by atoms with van der Waals surface area (Å²) in [5.74, 6) is 0.623. The maximum absolute atomic E-state index is 4.17. The molecule has 17 heavy (non-hydrogen) atoms. The first-order chi connectivity index (χ1) is 7.99. The molecule has 0 aromatic carbocycles. The number of nitrogens with one attached hydrogen (secondary N) is 1. The maximum atomic E-state index is 4.17. The third kappa shape index (κ3) is 5.61. The third-order valence-corrected chi connectivity index (χ3v) is 3.13. The Bertz CT molecular complexity index is 339. The molecule has 1 rings (SSSR count). The molecule has 0 saturated carbocycles. The van der Waals surface area contributed by atoms with Gasteiger partial charge in [-0.1, -0.05) is 13.8 Å². The van der Waals surface area contributed by atoms with Gasteiger partial charge in [0.1, 0.15) is 0 Å². The quantitative estimate of drug-likeness (QED) is 0.875. The van der Waals surface area contributed by atoms with Crippen LogP contribution in [0.25, 0.3) is 0 Å². The smallest absolute Gasteiger partial charge is 0.0410 e. The fourth-order valence-corrected chi connectivity index (χ4v) is 2.12. The van der Waals surface area contributed by atoms with E-state index in [0.717, 1.165) is 17.6 Å². The van der Waals surface area contributed by atoms with E-state index in [1.807, 2.05) is 12.4 Å². The Kier molecular flexibility index (Phi) is 6.09. The van der Waals surface area contributed by atoms with E-state index < -0.39 is 0 Å². The number of hydrogen-bond donors (Lipinski definition) is 1. The molecule has 1 unspecified atom stereocenters. The van der Waals surface area contributed by atoms with Gasteiger partial charge in [-0.15, -0.1) is 0 Å². The molecule has 0 spiro atoms. The summed E-state index contributed by atoms with van der Waals surface area (Å²) in [5.41, 5.74) is 1.21. The molecule has 0 radical (unpaired) electrons. The topological polar surface area (TPSA) is 28.2 Å². The van der Waals surface area contributed by atoms with Crippen LogP contribution in [0.4, 0.5) is 0 Å². The predicted molar refractivity (Wildman–Crippen MR) is 76.0 cm³/mol. The van der Waals surface area contributed by atoms with Crippen LogP contribution in [-0.2, 0) is 6.54 Å². The number of halogens is 1. The standard InChI is InChI=1S/C13H22BrN3/c1-10(2)13(9-17(3)4)16-7-11-5-12(14)8-15-6-11/h5-6,8,10,13,16H,7,9H2,1-4H3. The second-order valence-electron chi connectivity index (χ2n) is 5.01. The molecule has 0 saturated heterocycles. The van der Waals surface area contributed by atoms with Gasteiger partial charge in [-0.05, 0) is 47.6 Å². The highest BCUT2D eigenvalue weighted by atomic mass is 79.9. The van der Waals surface area contributed by atoms with Gasteiger partial charge in [0.15, 0.2) is 0 Å². The van der Waals surface area contributed by atoms with E-state index in [1.165, 1.54) is 5.56 Å². The summed E-state index contributed by atoms with van der Waals surface area (Å²) in [6.45, 7) is 6.42. The van der Waals surface area contributed by atoms with E-state index in [2.05, 4.69) is 65.1 Å². The molecule has 1 aromatic heterocycles. The zero-order valence-corrected chi connectivity index (χ0v) is 12.7. The van der Waals surface area contributed by atoms with Crippen LogP contribution < -0.4 is 5.32 Å². The molecule has 4 heteroatoms. The van der Waals surface area contributed by atoms with Crippen LogP contribution in [0.15, 0.2) is 22.9 Å². The highest BCUT2D eigenvalue weighted by Crippen LogP contribution is 2.10. The lowest BCUT2D eigenvalue weighted by molar-refractivity contribution is 0.288. The molecule has 1 aromatic rings. The van der Waals surface area contributed by atoms with E-state index in [1.54, 1.807) is 0 Å². The summed E-state index contributed by atoms with van der Waals surface area (Å²) in [7, 11) is 4.22. The minimum atomic E-state index is 0.504. The third-order valence-electron chi connectivity index (χ3n) is 2.70. The average Bonchev–Trinajstić information content (AvgIpc) is 2.23. The molecule has 1 heterocycles. The predicted octanol–water partition coefficient (Wildman–Crippen LogP) is 2.52. The van der Waals surface area contributed by atoms with E-state index in [0.29, 0.717) is 12.0 Å². The Balaban J connectivity index is 2.51. The summed E-state index contributed by atoms with van der Waals surface area (Å²) in [4.78, 5) is 6.39. The Morgan fingerprint density at radius 2 is 2.06 bits per heavy atom. The van der Waals surface area contributed by atoms with E-state index in [9.17, 15) is 0 Å². The van der Waals surface area contributed by atoms with Crippen molar-refractivity contribution in [2.24, 2.45) is 5.92 Å². The molecule has 3 nitrogen and oxygen atoms in total. The van der Waals surface area contributed by atoms with Gasteiger partial charge >= 0.3 is 0 Å². The Morgan fingerprint density at radius 3 is 2.59 bits per heavy atom. The summed E-state index contributed by atoms with van der Waals surface area (Å²) >= 11 is 3.44. The first-order valence-corrected chi connectivity index (χ1v) is 6.76. The molecule has 0 aliphatic heterocycles. The highest BCUT2D eigenvalue weighted by Gasteiger charge is 2.13. The maximum Gasteiger partial charge on any atom is 0.0410 e. The molecule has 0 bridgehead atoms. The zero-order valence-electron chi connectivity index (χ0n) is 11.1. The van der Waals surface area contributed by atoms with Crippen LogP contribution in [0, 0.1) is 5.92 Å². The molecule has 1 N–H and O–H groups in total. The van der Waals surface area contributed by atoms with Crippen molar-refractivity contribution in [2.75, 3.05) is 20.6 Å². The first kappa shape index (κ1) is 14.6. The van der Waals surface area contributed by atoms with Crippen molar-refractivity contribution in [1.82, 2.24) is 15.2 Å². The van der Waals surface area contributed by atoms with Crippen molar-refractivity contribution < 1.29 is 0 Å². The van der Waals surface area contributed by atoms with Crippen molar-refractivity contribution in [1.29, 1.82) is 0 Å². The molecule has 0 amide bonds. The molecule has 0 aliphatic rings. The van der Waals surface area contributed by atoms with Crippen LogP contribution in [-0.4, -0.2) is 36.6 Å². The van der Waals surface area contributed by atoms with Gasteiger partial charge in [0, 0.05) is 36.0 Å². The first-order valence-electron chi connectivity index (χ1n) is 5.96. The van der Waals surface area contributed by atoms with Gasteiger partial charge < -0.3 is 10.2 Å². The molecule has 0 aliphatic carbocycles. The lowest BCUT2D eigenvalue weighted by Crippen LogP contribution is -2.41. The number of likely N-dealkylation sites (N-methyl/N-ethyl adjacent to an activating group) is 1. The van der Waals surface area contributed by atoms with E-state index in [4.69, 9.17) is 0 Å². The molecule has 1 atom stereocenters. The van der Waals surface area contributed by atoms with Crippen molar-refractivity contribution >= 4 is 15.9 Å². The van der Waals surface area contributed by atoms with Gasteiger partial charge in [-0.25, -0.2) is 0 Å². The summed E-state index contributed by atoms with van der Waals surface area (Å²) in [6.07, 6.45) is 3.72. The molecular weight excluding hydrogens is 278 g/mol. The molecule has 0 fully saturated rings. The van der Waals surface area contributed by atoms with Gasteiger partial charge in [0.2, 0.25) is 0 Å². The minimum Gasteiger partial charge on any atom is -0.308 e. The Hall–Kier alpha value is -0.450. The number of rotatable bonds is 6. The second-order valence-corrected chi connectivity index (χ2v) is 5.92. The van der Waals surface area contributed by atoms with Crippen LogP contribution >= 0.6 is 15.9 Å². The van der Waals surface area contributed by atoms with Crippen molar-refractivity contribution in [3.05, 3.63) is 28.5 Å². The highest BCUT2D eigenvalue weighted by molar-refractivity contribution is 9.10. The Morgan fingerprint density at radius 1 is 1.35 bits per heavy atom. The largest absolute Gasteiger partial charge is 0.308 e. The summed E-state index contributed by atoms with van der Waals surface area (Å²) in [5, 5.41) is 3.59. The summed E-state index contributed by atoms with van der Waals surface area (Å²) < 4.78 is 1.03. The van der Waals surface area contributed by atoms with Crippen LogP contribution in [0.2, 0.25) is 0 Å². The van der Waals surface area contributed by atoms with Crippen molar-refractivity contribution in [3.8, 4) is 0 Å². The SMILES string of the molecule is CC(C)C(CN(C)C)NCc1cncc(Br)c1. The fraction of sp³-hybridized carbons (Fsp3) is 0.615. The van der Waals surface area contributed by atoms with Crippen LogP contribution in [0.1, 0.15) is 19.4 Å². The summed E-state index contributed by atoms with van der Waals surface area (Å²) in [6, 6.07) is 2.61. The lowest BCUT2D eigenvalue weighted by atomic mass is 10.0. The van der Waals surface area contributed by atoms with Gasteiger partial charge in [0.25, 0.3) is 0 Å². The van der Waals surface area contributed by atoms with Crippen molar-refractivity contribution in [3.63, 3.8) is 0 Å². The van der Waals surface area contributed by atoms with Crippen molar-refractivity contribution in [2.45, 2.75) is 26.4 Å². The Labute approximate surface area is 113 Å². The lowest BCUT2D eigenvalue weighted by Gasteiger charge is -2.25. The van der Waals surface area contributed by atoms with Gasteiger partial charge in [-0.2, -0.15) is 0 Å². The number of pyridine rings is 1. The number of aromatic nitrogens is 1. The normalized spacial score (nSPS) is 13.4. The second kappa shape index (κ2) is 7.09. The number of hydrogen-bond acceptors (Lipinski definition) is 3. The van der Waals surface area contributed by atoms with E-state index >= 15 is 0 Å². The fourth-order valence-electron chi connectivity index (χ4n) is 1.71. The number of nitrogens with zero attached hydrogens (tertiary/aromatic N) is 2. The van der Waals surface area contributed by atoms with Gasteiger partial charge in [0.05, 0.1) is 0 Å². The van der Waals surface area contributed by atoms with Crippen LogP contribution in [0.3, 0.4) is 0 Å². The molecular formula is C13H22BrN3. The zero-order chi connectivity index (χ0) is 12.8. The average molecular weight is 300 g/mol. The van der Waals surface area contributed by atoms with Crippen LogP contribution in [0.5, 0.6) is 0 Å². The van der Waals surface area contributed by atoms with Gasteiger partial charge in [-0.3, -0.25) is 4.98 Å². The minimum absolute atomic E-state index is 0.504. The monoisotopic (exact) mass is 299 g/mol. The van der Waals surface area contributed by atoms with E-state index in [-0.39, 0.29) is 0 Å².